The molecule has 242 valence electrons. The number of hydrogen-bond acceptors (Lipinski definition) is 10. The SMILES string of the molecule is COc1ccc([C@H](Cc2c(Cl)c[nH+]cc2Cl)OC(=O)c2ccc(CN(C(=O)O[C@H]3CN4CCC3CC4)c3nccs3)s2)cc1OC. The van der Waals surface area contributed by atoms with E-state index in [0.717, 1.165) is 37.4 Å². The molecule has 46 heavy (non-hydrogen) atoms. The van der Waals surface area contributed by atoms with E-state index in [1.165, 1.54) is 27.6 Å². The maximum atomic E-state index is 13.6. The summed E-state index contributed by atoms with van der Waals surface area (Å²) in [4.78, 5) is 39.4. The van der Waals surface area contributed by atoms with Crippen molar-refractivity contribution < 1.29 is 33.5 Å². The number of methoxy groups -OCH3 is 2. The zero-order chi connectivity index (χ0) is 32.2. The maximum Gasteiger partial charge on any atom is 0.416 e. The molecule has 0 spiro atoms. The monoisotopic (exact) mass is 703 g/mol. The summed E-state index contributed by atoms with van der Waals surface area (Å²) in [7, 11) is 3.09. The van der Waals surface area contributed by atoms with Crippen LogP contribution in [-0.4, -0.2) is 61.9 Å². The number of hydrogen-bond donors (Lipinski definition) is 0. The number of ether oxygens (including phenoxy) is 4. The highest BCUT2D eigenvalue weighted by Gasteiger charge is 2.38. The minimum absolute atomic E-state index is 0.135. The number of H-pyrrole nitrogens is 1. The number of anilines is 1. The summed E-state index contributed by atoms with van der Waals surface area (Å²) in [5, 5.41) is 3.18. The van der Waals surface area contributed by atoms with Crippen LogP contribution >= 0.6 is 45.9 Å². The molecule has 4 aromatic rings. The van der Waals surface area contributed by atoms with Crippen molar-refractivity contribution in [3.05, 3.63) is 85.2 Å². The molecular formula is C32H33Cl2N4O6S2+. The lowest BCUT2D eigenvalue weighted by molar-refractivity contribution is -0.377. The van der Waals surface area contributed by atoms with Gasteiger partial charge in [0.15, 0.2) is 29.0 Å². The van der Waals surface area contributed by atoms with E-state index in [2.05, 4.69) is 14.9 Å². The van der Waals surface area contributed by atoms with Crippen LogP contribution in [0.25, 0.3) is 0 Å². The van der Waals surface area contributed by atoms with Gasteiger partial charge in [0.05, 0.1) is 20.8 Å². The fourth-order valence-corrected chi connectivity index (χ4v) is 7.89. The standard InChI is InChI=1S/C32H32Cl2N4O6S2/c1-41-25-5-3-20(13-27(25)42-2)26(14-22-23(33)15-35-16-24(22)34)43-30(39)29-6-4-21(46-29)17-38(31-36-9-12-45-31)32(40)44-28-18-37-10-7-19(28)8-11-37/h3-6,9,12-13,15-16,19,26,28H,7-8,10-11,14,17-18H2,1-2H3/p+1/t26-,28-/m0/s1. The van der Waals surface area contributed by atoms with Gasteiger partial charge in [-0.2, -0.15) is 0 Å². The Labute approximate surface area is 284 Å². The van der Waals surface area contributed by atoms with Gasteiger partial charge in [0.25, 0.3) is 0 Å². The van der Waals surface area contributed by atoms with Crippen molar-refractivity contribution in [2.45, 2.75) is 38.0 Å². The molecule has 1 amide bonds. The van der Waals surface area contributed by atoms with Crippen molar-refractivity contribution in [1.82, 2.24) is 9.88 Å². The number of thiophene rings is 1. The molecule has 3 saturated heterocycles. The Kier molecular flexibility index (Phi) is 10.3. The van der Waals surface area contributed by atoms with Crippen LogP contribution in [0.2, 0.25) is 10.0 Å². The molecular weight excluding hydrogens is 671 g/mol. The van der Waals surface area contributed by atoms with E-state index in [0.29, 0.717) is 48.6 Å². The molecule has 3 fully saturated rings. The number of halogens is 2. The van der Waals surface area contributed by atoms with Gasteiger partial charge in [0.2, 0.25) is 0 Å². The summed E-state index contributed by atoms with van der Waals surface area (Å²) in [6.45, 7) is 3.08. The molecule has 14 heteroatoms. The number of thiazole rings is 1. The van der Waals surface area contributed by atoms with E-state index in [-0.39, 0.29) is 19.1 Å². The Morgan fingerprint density at radius 2 is 1.85 bits per heavy atom. The van der Waals surface area contributed by atoms with Gasteiger partial charge in [-0.25, -0.2) is 24.5 Å². The predicted molar refractivity (Wildman–Crippen MR) is 176 cm³/mol. The number of fused-ring (bicyclic) bond motifs is 3. The number of pyridine rings is 1. The highest BCUT2D eigenvalue weighted by Crippen LogP contribution is 2.36. The Morgan fingerprint density at radius 3 is 2.50 bits per heavy atom. The lowest BCUT2D eigenvalue weighted by atomic mass is 9.86. The molecule has 0 unspecified atom stereocenters. The minimum Gasteiger partial charge on any atom is -0.493 e. The average Bonchev–Trinajstić information content (AvgIpc) is 3.78. The van der Waals surface area contributed by atoms with Gasteiger partial charge in [-0.1, -0.05) is 29.3 Å². The summed E-state index contributed by atoms with van der Waals surface area (Å²) in [6.07, 6.45) is 5.87. The zero-order valence-corrected chi connectivity index (χ0v) is 28.4. The van der Waals surface area contributed by atoms with Crippen molar-refractivity contribution in [2.24, 2.45) is 5.92 Å². The quantitative estimate of drug-likeness (QED) is 0.159. The first-order chi connectivity index (χ1) is 22.3. The van der Waals surface area contributed by atoms with Crippen molar-refractivity contribution in [2.75, 3.05) is 38.8 Å². The van der Waals surface area contributed by atoms with Gasteiger partial charge in [0.1, 0.15) is 27.1 Å². The summed E-state index contributed by atoms with van der Waals surface area (Å²) in [5.41, 5.74) is 1.30. The van der Waals surface area contributed by atoms with Gasteiger partial charge >= 0.3 is 12.1 Å². The third-order valence-corrected chi connectivity index (χ3v) is 10.8. The van der Waals surface area contributed by atoms with E-state index in [1.807, 2.05) is 17.5 Å². The smallest absolute Gasteiger partial charge is 0.416 e. The number of carbonyl (C=O) groups is 2. The second kappa shape index (κ2) is 14.6. The van der Waals surface area contributed by atoms with Crippen LogP contribution in [0.3, 0.4) is 0 Å². The summed E-state index contributed by atoms with van der Waals surface area (Å²) in [5.74, 6) is 0.890. The number of esters is 1. The molecule has 7 rings (SSSR count). The largest absolute Gasteiger partial charge is 0.493 e. The second-order valence-corrected chi connectivity index (χ2v) is 13.9. The lowest BCUT2D eigenvalue weighted by Gasteiger charge is -2.44. The van der Waals surface area contributed by atoms with Crippen LogP contribution in [0.15, 0.2) is 54.3 Å². The number of carbonyl (C=O) groups excluding carboxylic acids is 2. The molecule has 1 aromatic carbocycles. The van der Waals surface area contributed by atoms with Crippen LogP contribution in [0.4, 0.5) is 9.93 Å². The molecule has 0 aliphatic carbocycles. The van der Waals surface area contributed by atoms with Gasteiger partial charge < -0.3 is 18.9 Å². The number of aromatic amines is 1. The molecule has 2 atom stereocenters. The van der Waals surface area contributed by atoms with Crippen molar-refractivity contribution in [3.8, 4) is 11.5 Å². The fraction of sp³-hybridized carbons (Fsp3) is 0.375. The van der Waals surface area contributed by atoms with Gasteiger partial charge in [0, 0.05) is 35.0 Å². The molecule has 0 saturated carbocycles. The van der Waals surface area contributed by atoms with Crippen LogP contribution in [0, 0.1) is 5.92 Å². The van der Waals surface area contributed by atoms with Crippen molar-refractivity contribution in [1.29, 1.82) is 0 Å². The number of amides is 1. The minimum atomic E-state index is -0.751. The van der Waals surface area contributed by atoms with Gasteiger partial charge in [-0.05, 0) is 61.7 Å². The summed E-state index contributed by atoms with van der Waals surface area (Å²) >= 11 is 15.6. The number of nitrogens with zero attached hydrogens (tertiary/aromatic N) is 3. The highest BCUT2D eigenvalue weighted by molar-refractivity contribution is 7.14. The molecule has 10 nitrogen and oxygen atoms in total. The molecule has 3 aromatic heterocycles. The molecule has 2 bridgehead atoms. The Hall–Kier alpha value is -3.42. The first-order valence-electron chi connectivity index (χ1n) is 14.8. The van der Waals surface area contributed by atoms with Crippen molar-refractivity contribution >= 4 is 63.1 Å². The van der Waals surface area contributed by atoms with E-state index in [1.54, 1.807) is 51.0 Å². The number of nitrogens with one attached hydrogen (secondary N) is 1. The van der Waals surface area contributed by atoms with E-state index in [4.69, 9.17) is 42.1 Å². The normalized spacial score (nSPS) is 19.3. The molecule has 0 radical (unpaired) electrons. The summed E-state index contributed by atoms with van der Waals surface area (Å²) in [6, 6.07) is 8.84. The third kappa shape index (κ3) is 7.26. The topological polar surface area (TPSA) is 105 Å². The maximum absolute atomic E-state index is 13.6. The van der Waals surface area contributed by atoms with Gasteiger partial charge in [-0.15, -0.1) is 22.7 Å². The Morgan fingerprint density at radius 1 is 1.09 bits per heavy atom. The predicted octanol–water partition coefficient (Wildman–Crippen LogP) is 6.72. The van der Waals surface area contributed by atoms with Crippen LogP contribution in [0.1, 0.15) is 44.6 Å². The first kappa shape index (κ1) is 32.5. The average molecular weight is 705 g/mol. The summed E-state index contributed by atoms with van der Waals surface area (Å²) < 4.78 is 23.0. The number of piperidine rings is 3. The fourth-order valence-electron chi connectivity index (χ4n) is 5.85. The van der Waals surface area contributed by atoms with Crippen LogP contribution in [-0.2, 0) is 22.4 Å². The molecule has 3 aliphatic heterocycles. The highest BCUT2D eigenvalue weighted by atomic mass is 35.5. The van der Waals surface area contributed by atoms with Crippen LogP contribution < -0.4 is 19.4 Å². The zero-order valence-electron chi connectivity index (χ0n) is 25.2. The molecule has 3 aliphatic rings. The van der Waals surface area contributed by atoms with E-state index < -0.39 is 18.2 Å². The first-order valence-corrected chi connectivity index (χ1v) is 17.2. The van der Waals surface area contributed by atoms with Crippen LogP contribution in [0.5, 0.6) is 11.5 Å². The van der Waals surface area contributed by atoms with E-state index in [9.17, 15) is 9.59 Å². The van der Waals surface area contributed by atoms with Crippen molar-refractivity contribution in [3.63, 3.8) is 0 Å². The van der Waals surface area contributed by atoms with E-state index >= 15 is 0 Å². The Bertz CT molecular complexity index is 1660. The second-order valence-electron chi connectivity index (χ2n) is 11.1. The number of aromatic nitrogens is 2. The lowest BCUT2D eigenvalue weighted by Crippen LogP contribution is -2.53. The third-order valence-electron chi connectivity index (χ3n) is 8.31. The molecule has 6 heterocycles. The molecule has 1 N–H and O–H groups in total. The number of rotatable bonds is 11. The number of benzene rings is 1. The van der Waals surface area contributed by atoms with Gasteiger partial charge in [-0.3, -0.25) is 4.90 Å². The Balaban J connectivity index is 1.20.